The van der Waals surface area contributed by atoms with Gasteiger partial charge in [-0.25, -0.2) is 0 Å². The molecule has 0 aromatic heterocycles. The first-order valence-electron chi connectivity index (χ1n) is 7.40. The maximum Gasteiger partial charge on any atom is 0.227 e. The minimum Gasteiger partial charge on any atom is -0.353 e. The molecule has 0 aliphatic heterocycles. The van der Waals surface area contributed by atoms with E-state index in [-0.39, 0.29) is 11.3 Å². The van der Waals surface area contributed by atoms with Gasteiger partial charge in [0.05, 0.1) is 5.41 Å². The van der Waals surface area contributed by atoms with Gasteiger partial charge in [-0.05, 0) is 37.5 Å². The minimum absolute atomic E-state index is 0.165. The van der Waals surface area contributed by atoms with Crippen molar-refractivity contribution in [3.8, 4) is 0 Å². The lowest BCUT2D eigenvalue weighted by atomic mass is 9.74. The fourth-order valence-electron chi connectivity index (χ4n) is 3.11. The molecule has 0 spiro atoms. The third-order valence-electron chi connectivity index (χ3n) is 4.77. The van der Waals surface area contributed by atoms with Crippen LogP contribution in [-0.2, 0) is 4.79 Å². The van der Waals surface area contributed by atoms with E-state index in [0.29, 0.717) is 18.0 Å². The molecule has 1 saturated carbocycles. The summed E-state index contributed by atoms with van der Waals surface area (Å²) in [6.07, 6.45) is 6.33. The van der Waals surface area contributed by atoms with E-state index >= 15 is 0 Å². The molecule has 1 unspecified atom stereocenters. The lowest BCUT2D eigenvalue weighted by Crippen LogP contribution is -2.50. The van der Waals surface area contributed by atoms with Crippen molar-refractivity contribution in [3.63, 3.8) is 0 Å². The highest BCUT2D eigenvalue weighted by Crippen LogP contribution is 2.35. The molecule has 1 amide bonds. The lowest BCUT2D eigenvalue weighted by molar-refractivity contribution is -0.132. The van der Waals surface area contributed by atoms with Gasteiger partial charge >= 0.3 is 0 Å². The first-order valence-corrected chi connectivity index (χ1v) is 7.40. The highest BCUT2D eigenvalue weighted by molar-refractivity contribution is 5.83. The van der Waals surface area contributed by atoms with Crippen LogP contribution >= 0.6 is 0 Å². The van der Waals surface area contributed by atoms with E-state index in [1.54, 1.807) is 0 Å². The van der Waals surface area contributed by atoms with Gasteiger partial charge in [0.1, 0.15) is 0 Å². The third kappa shape index (κ3) is 3.47. The summed E-state index contributed by atoms with van der Waals surface area (Å²) in [6, 6.07) is 0.338. The van der Waals surface area contributed by atoms with Crippen LogP contribution in [0.2, 0.25) is 0 Å². The predicted molar refractivity (Wildman–Crippen MR) is 76.2 cm³/mol. The van der Waals surface area contributed by atoms with E-state index < -0.39 is 0 Å². The topological polar surface area (TPSA) is 55.1 Å². The molecular weight excluding hydrogens is 224 g/mol. The Kier molecular flexibility index (Phi) is 5.20. The summed E-state index contributed by atoms with van der Waals surface area (Å²) in [5, 5.41) is 3.25. The van der Waals surface area contributed by atoms with Gasteiger partial charge in [0.2, 0.25) is 5.91 Å². The maximum atomic E-state index is 12.4. The second-order valence-corrected chi connectivity index (χ2v) is 6.62. The monoisotopic (exact) mass is 254 g/mol. The van der Waals surface area contributed by atoms with E-state index in [1.807, 2.05) is 0 Å². The Bertz CT molecular complexity index is 274. The molecule has 0 saturated heterocycles. The van der Waals surface area contributed by atoms with E-state index in [1.165, 1.54) is 12.8 Å². The molecule has 3 N–H and O–H groups in total. The normalized spacial score (nSPS) is 23.7. The van der Waals surface area contributed by atoms with Crippen LogP contribution in [0.5, 0.6) is 0 Å². The zero-order chi connectivity index (χ0) is 13.8. The van der Waals surface area contributed by atoms with Gasteiger partial charge in [-0.1, -0.05) is 34.1 Å². The van der Waals surface area contributed by atoms with Crippen LogP contribution in [0.15, 0.2) is 0 Å². The van der Waals surface area contributed by atoms with Gasteiger partial charge in [-0.3, -0.25) is 4.79 Å². The zero-order valence-electron chi connectivity index (χ0n) is 12.5. The molecule has 0 bridgehead atoms. The average molecular weight is 254 g/mol. The number of rotatable bonds is 5. The molecule has 1 rings (SSSR count). The van der Waals surface area contributed by atoms with Crippen LogP contribution in [0, 0.1) is 10.8 Å². The van der Waals surface area contributed by atoms with Gasteiger partial charge in [-0.15, -0.1) is 0 Å². The Morgan fingerprint density at radius 2 is 2.00 bits per heavy atom. The van der Waals surface area contributed by atoms with Crippen LogP contribution in [0.1, 0.15) is 66.2 Å². The predicted octanol–water partition coefficient (Wildman–Crippen LogP) is 2.84. The van der Waals surface area contributed by atoms with Crippen LogP contribution in [0.25, 0.3) is 0 Å². The number of hydrogen-bond donors (Lipinski definition) is 2. The Labute approximate surface area is 112 Å². The molecule has 0 radical (unpaired) electrons. The summed E-state index contributed by atoms with van der Waals surface area (Å²) < 4.78 is 0. The summed E-state index contributed by atoms with van der Waals surface area (Å²) in [6.45, 7) is 9.14. The summed E-state index contributed by atoms with van der Waals surface area (Å²) in [5.41, 5.74) is 5.83. The second kappa shape index (κ2) is 6.05. The van der Waals surface area contributed by atoms with Gasteiger partial charge in [0, 0.05) is 12.6 Å². The van der Waals surface area contributed by atoms with Gasteiger partial charge in [0.25, 0.3) is 0 Å². The summed E-state index contributed by atoms with van der Waals surface area (Å²) in [7, 11) is 0. The molecule has 1 aliphatic rings. The Balaban J connectivity index is 2.63. The second-order valence-electron chi connectivity index (χ2n) is 6.62. The van der Waals surface area contributed by atoms with Gasteiger partial charge in [0.15, 0.2) is 0 Å². The van der Waals surface area contributed by atoms with Crippen LogP contribution in [0.4, 0.5) is 0 Å². The molecule has 1 aliphatic carbocycles. The van der Waals surface area contributed by atoms with E-state index in [0.717, 1.165) is 25.7 Å². The SMILES string of the molecule is CCC(CC)(CN)C(=O)NC1CCCC(C)(C)C1. The van der Waals surface area contributed by atoms with Crippen LogP contribution in [0.3, 0.4) is 0 Å². The standard InChI is InChI=1S/C15H30N2O/c1-5-15(6-2,11-16)13(18)17-12-8-7-9-14(3,4)10-12/h12H,5-11,16H2,1-4H3,(H,17,18). The van der Waals surface area contributed by atoms with Crippen molar-refractivity contribution in [2.45, 2.75) is 72.3 Å². The molecule has 0 aromatic rings. The Morgan fingerprint density at radius 3 is 2.44 bits per heavy atom. The number of nitrogens with one attached hydrogen (secondary N) is 1. The molecule has 0 heterocycles. The van der Waals surface area contributed by atoms with Gasteiger partial charge in [-0.2, -0.15) is 0 Å². The number of carbonyl (C=O) groups is 1. The van der Waals surface area contributed by atoms with Crippen molar-refractivity contribution in [1.29, 1.82) is 0 Å². The Morgan fingerprint density at radius 1 is 1.39 bits per heavy atom. The zero-order valence-corrected chi connectivity index (χ0v) is 12.5. The summed E-state index contributed by atoms with van der Waals surface area (Å²) in [4.78, 5) is 12.4. The molecule has 3 nitrogen and oxygen atoms in total. The van der Waals surface area contributed by atoms with E-state index in [4.69, 9.17) is 5.73 Å². The smallest absolute Gasteiger partial charge is 0.227 e. The van der Waals surface area contributed by atoms with Crippen molar-refractivity contribution in [3.05, 3.63) is 0 Å². The largest absolute Gasteiger partial charge is 0.353 e. The van der Waals surface area contributed by atoms with Crippen LogP contribution in [-0.4, -0.2) is 18.5 Å². The van der Waals surface area contributed by atoms with Crippen LogP contribution < -0.4 is 11.1 Å². The molecule has 1 atom stereocenters. The fraction of sp³-hybridized carbons (Fsp3) is 0.933. The third-order valence-corrected chi connectivity index (χ3v) is 4.77. The van der Waals surface area contributed by atoms with E-state index in [2.05, 4.69) is 33.0 Å². The molecular formula is C15H30N2O. The minimum atomic E-state index is -0.360. The number of amides is 1. The lowest BCUT2D eigenvalue weighted by Gasteiger charge is -2.38. The average Bonchev–Trinajstić information content (AvgIpc) is 2.30. The van der Waals surface area contributed by atoms with Crippen molar-refractivity contribution in [2.24, 2.45) is 16.6 Å². The van der Waals surface area contributed by atoms with Crippen molar-refractivity contribution < 1.29 is 4.79 Å². The van der Waals surface area contributed by atoms with Crippen molar-refractivity contribution >= 4 is 5.91 Å². The first-order chi connectivity index (χ1) is 8.39. The highest BCUT2D eigenvalue weighted by atomic mass is 16.2. The first kappa shape index (κ1) is 15.5. The van der Waals surface area contributed by atoms with E-state index in [9.17, 15) is 4.79 Å². The fourth-order valence-corrected chi connectivity index (χ4v) is 3.11. The molecule has 106 valence electrons. The molecule has 0 aromatic carbocycles. The number of hydrogen-bond acceptors (Lipinski definition) is 2. The quantitative estimate of drug-likeness (QED) is 0.792. The van der Waals surface area contributed by atoms with Crippen molar-refractivity contribution in [1.82, 2.24) is 5.32 Å². The van der Waals surface area contributed by atoms with Gasteiger partial charge < -0.3 is 11.1 Å². The summed E-state index contributed by atoms with van der Waals surface area (Å²) >= 11 is 0. The van der Waals surface area contributed by atoms with Crippen molar-refractivity contribution in [2.75, 3.05) is 6.54 Å². The summed E-state index contributed by atoms with van der Waals surface area (Å²) in [5.74, 6) is 0.165. The highest BCUT2D eigenvalue weighted by Gasteiger charge is 2.36. The molecule has 1 fully saturated rings. The Hall–Kier alpha value is -0.570. The maximum absolute atomic E-state index is 12.4. The molecule has 18 heavy (non-hydrogen) atoms. The number of carbonyl (C=O) groups excluding carboxylic acids is 1. The molecule has 3 heteroatoms. The number of nitrogens with two attached hydrogens (primary N) is 1.